The normalized spacial score (nSPS) is 10.4. The van der Waals surface area contributed by atoms with Crippen LogP contribution >= 0.6 is 35.6 Å². The molecule has 0 bridgehead atoms. The number of aryl methyl sites for hydroxylation is 1. The standard InChI is InChI=1S/C20H15Cl2N2.2ClH/c1-24-19-5-3-2-4-15(19)14-9-7-13(23)11-17(14)20(24)16-8-6-12(21)10-18(16)22;;/h2-11H,23H2,1H3;2*1H/q+1;;/p-1. The van der Waals surface area contributed by atoms with Crippen LogP contribution in [0.1, 0.15) is 0 Å². The highest BCUT2D eigenvalue weighted by Crippen LogP contribution is 2.36. The molecule has 0 fully saturated rings. The number of aromatic nitrogens is 1. The van der Waals surface area contributed by atoms with Crippen molar-refractivity contribution in [2.75, 3.05) is 5.73 Å². The molecule has 4 rings (SSSR count). The monoisotopic (exact) mass is 424 g/mol. The summed E-state index contributed by atoms with van der Waals surface area (Å²) in [4.78, 5) is 0. The fraction of sp³-hybridized carbons (Fsp3) is 0.0500. The average Bonchev–Trinajstić information content (AvgIpc) is 2.56. The molecule has 3 aromatic carbocycles. The molecule has 6 heteroatoms. The molecule has 4 aromatic rings. The summed E-state index contributed by atoms with van der Waals surface area (Å²) in [6.45, 7) is 0. The first-order valence-corrected chi connectivity index (χ1v) is 8.37. The maximum absolute atomic E-state index is 6.50. The van der Waals surface area contributed by atoms with Gasteiger partial charge in [0.05, 0.1) is 21.4 Å². The number of nitrogens with zero attached hydrogens (tertiary/aromatic N) is 1. The Kier molecular flexibility index (Phi) is 6.25. The van der Waals surface area contributed by atoms with E-state index in [-0.39, 0.29) is 24.8 Å². The lowest BCUT2D eigenvalue weighted by molar-refractivity contribution is -0.632. The van der Waals surface area contributed by atoms with Crippen molar-refractivity contribution < 1.29 is 17.0 Å². The van der Waals surface area contributed by atoms with Gasteiger partial charge in [-0.3, -0.25) is 0 Å². The average molecular weight is 426 g/mol. The van der Waals surface area contributed by atoms with Crippen LogP contribution in [0.2, 0.25) is 10.0 Å². The van der Waals surface area contributed by atoms with Crippen LogP contribution in [-0.2, 0) is 7.05 Å². The summed E-state index contributed by atoms with van der Waals surface area (Å²) in [6, 6.07) is 19.9. The van der Waals surface area contributed by atoms with Gasteiger partial charge in [-0.15, -0.1) is 12.4 Å². The molecule has 1 heterocycles. The first-order chi connectivity index (χ1) is 11.6. The van der Waals surface area contributed by atoms with Gasteiger partial charge in [-0.05, 0) is 36.4 Å². The van der Waals surface area contributed by atoms with Crippen LogP contribution in [0, 0.1) is 0 Å². The summed E-state index contributed by atoms with van der Waals surface area (Å²) in [5.41, 5.74) is 9.89. The summed E-state index contributed by atoms with van der Waals surface area (Å²) >= 11 is 12.6. The van der Waals surface area contributed by atoms with Crippen molar-refractivity contribution in [1.29, 1.82) is 0 Å². The third-order valence-electron chi connectivity index (χ3n) is 4.38. The Balaban J connectivity index is 0.00000121. The van der Waals surface area contributed by atoms with E-state index < -0.39 is 0 Å². The lowest BCUT2D eigenvalue weighted by atomic mass is 9.98. The Bertz CT molecular complexity index is 1110. The van der Waals surface area contributed by atoms with Gasteiger partial charge < -0.3 is 18.1 Å². The number of pyridine rings is 1. The van der Waals surface area contributed by atoms with Gasteiger partial charge >= 0.3 is 0 Å². The molecular formula is C20H16Cl4N2. The van der Waals surface area contributed by atoms with Crippen molar-refractivity contribution in [1.82, 2.24) is 0 Å². The summed E-state index contributed by atoms with van der Waals surface area (Å²) in [5, 5.41) is 4.65. The molecule has 0 aliphatic rings. The number of anilines is 1. The Morgan fingerprint density at radius 3 is 2.31 bits per heavy atom. The van der Waals surface area contributed by atoms with Crippen LogP contribution in [0.4, 0.5) is 5.69 Å². The van der Waals surface area contributed by atoms with Gasteiger partial charge in [0.2, 0.25) is 11.2 Å². The van der Waals surface area contributed by atoms with Gasteiger partial charge in [0.1, 0.15) is 7.05 Å². The molecule has 0 saturated carbocycles. The molecule has 26 heavy (non-hydrogen) atoms. The third kappa shape index (κ3) is 3.30. The highest BCUT2D eigenvalue weighted by molar-refractivity contribution is 6.36. The number of fused-ring (bicyclic) bond motifs is 3. The van der Waals surface area contributed by atoms with Crippen LogP contribution in [0.15, 0.2) is 60.7 Å². The molecule has 1 aromatic heterocycles. The van der Waals surface area contributed by atoms with E-state index in [1.807, 2.05) is 43.4 Å². The summed E-state index contributed by atoms with van der Waals surface area (Å²) in [6.07, 6.45) is 0. The predicted octanol–water partition coefficient (Wildman–Crippen LogP) is 2.80. The minimum Gasteiger partial charge on any atom is -1.00 e. The maximum atomic E-state index is 6.50. The molecule has 0 aliphatic heterocycles. The molecule has 0 spiro atoms. The van der Waals surface area contributed by atoms with Crippen LogP contribution < -0.4 is 22.7 Å². The van der Waals surface area contributed by atoms with Crippen molar-refractivity contribution in [3.8, 4) is 11.3 Å². The van der Waals surface area contributed by atoms with E-state index in [0.717, 1.165) is 33.2 Å². The minimum absolute atomic E-state index is 0. The second kappa shape index (κ2) is 7.89. The molecule has 0 unspecified atom stereocenters. The second-order valence-corrected chi connectivity index (χ2v) is 6.70. The summed E-state index contributed by atoms with van der Waals surface area (Å²) < 4.78 is 2.16. The lowest BCUT2D eigenvalue weighted by Crippen LogP contribution is -3.00. The van der Waals surface area contributed by atoms with Crippen LogP contribution in [0.3, 0.4) is 0 Å². The van der Waals surface area contributed by atoms with Crippen molar-refractivity contribution in [2.45, 2.75) is 0 Å². The largest absolute Gasteiger partial charge is 1.00 e. The van der Waals surface area contributed by atoms with E-state index in [2.05, 4.69) is 22.8 Å². The number of para-hydroxylation sites is 1. The molecule has 2 N–H and O–H groups in total. The molecule has 0 saturated heterocycles. The van der Waals surface area contributed by atoms with Gasteiger partial charge in [-0.25, -0.2) is 0 Å². The van der Waals surface area contributed by atoms with Gasteiger partial charge in [0.15, 0.2) is 0 Å². The van der Waals surface area contributed by atoms with Crippen molar-refractivity contribution >= 4 is 63.0 Å². The van der Waals surface area contributed by atoms with E-state index in [1.54, 1.807) is 6.07 Å². The zero-order chi connectivity index (χ0) is 16.8. The number of nitrogen functional groups attached to an aromatic ring is 1. The Labute approximate surface area is 174 Å². The maximum Gasteiger partial charge on any atom is 0.222 e. The first kappa shape index (κ1) is 20.6. The minimum atomic E-state index is 0. The highest BCUT2D eigenvalue weighted by atomic mass is 35.5. The summed E-state index contributed by atoms with van der Waals surface area (Å²) in [7, 11) is 2.05. The molecule has 134 valence electrons. The van der Waals surface area contributed by atoms with Crippen molar-refractivity contribution in [3.05, 3.63) is 70.7 Å². The second-order valence-electron chi connectivity index (χ2n) is 5.85. The predicted molar refractivity (Wildman–Crippen MR) is 110 cm³/mol. The van der Waals surface area contributed by atoms with E-state index in [1.165, 1.54) is 5.39 Å². The van der Waals surface area contributed by atoms with Crippen LogP contribution in [0.25, 0.3) is 32.9 Å². The number of hydrogen-bond donors (Lipinski definition) is 1. The van der Waals surface area contributed by atoms with Gasteiger partial charge in [0.25, 0.3) is 0 Å². The van der Waals surface area contributed by atoms with Gasteiger partial charge in [-0.1, -0.05) is 41.4 Å². The Hall–Kier alpha value is -1.71. The molecule has 0 aliphatic carbocycles. The quantitative estimate of drug-likeness (QED) is 0.283. The Morgan fingerprint density at radius 1 is 0.846 bits per heavy atom. The van der Waals surface area contributed by atoms with E-state index in [0.29, 0.717) is 10.0 Å². The zero-order valence-electron chi connectivity index (χ0n) is 13.8. The van der Waals surface area contributed by atoms with E-state index >= 15 is 0 Å². The van der Waals surface area contributed by atoms with Gasteiger partial charge in [-0.2, -0.15) is 4.57 Å². The summed E-state index contributed by atoms with van der Waals surface area (Å²) in [5.74, 6) is 0. The van der Waals surface area contributed by atoms with Crippen LogP contribution in [-0.4, -0.2) is 0 Å². The van der Waals surface area contributed by atoms with E-state index in [9.17, 15) is 0 Å². The van der Waals surface area contributed by atoms with E-state index in [4.69, 9.17) is 28.9 Å². The first-order valence-electron chi connectivity index (χ1n) is 7.61. The molecular weight excluding hydrogens is 410 g/mol. The van der Waals surface area contributed by atoms with Crippen molar-refractivity contribution in [2.24, 2.45) is 7.05 Å². The number of rotatable bonds is 1. The fourth-order valence-corrected chi connectivity index (χ4v) is 3.79. The number of hydrogen-bond acceptors (Lipinski definition) is 1. The number of halogens is 4. The molecule has 2 nitrogen and oxygen atoms in total. The van der Waals surface area contributed by atoms with Crippen molar-refractivity contribution in [3.63, 3.8) is 0 Å². The van der Waals surface area contributed by atoms with Gasteiger partial charge in [0, 0.05) is 22.2 Å². The Morgan fingerprint density at radius 2 is 1.58 bits per heavy atom. The molecule has 0 radical (unpaired) electrons. The fourth-order valence-electron chi connectivity index (χ4n) is 3.29. The molecule has 0 atom stereocenters. The number of benzene rings is 3. The smallest absolute Gasteiger partial charge is 0.222 e. The highest BCUT2D eigenvalue weighted by Gasteiger charge is 2.22. The molecule has 0 amide bonds. The third-order valence-corrected chi connectivity index (χ3v) is 4.92. The topological polar surface area (TPSA) is 29.9 Å². The SMILES string of the molecule is C[n+]1c(-c2ccc(Cl)cc2Cl)c2cc(N)ccc2c2ccccc21.Cl.[Cl-]. The number of nitrogens with two attached hydrogens (primary N) is 1. The lowest BCUT2D eigenvalue weighted by Gasteiger charge is -2.11. The zero-order valence-corrected chi connectivity index (χ0v) is 16.9. The van der Waals surface area contributed by atoms with Crippen LogP contribution in [0.5, 0.6) is 0 Å².